The van der Waals surface area contributed by atoms with Gasteiger partial charge in [-0.15, -0.1) is 0 Å². The first-order chi connectivity index (χ1) is 7.18. The topological polar surface area (TPSA) is 237 Å². The Hall–Kier alpha value is -1.01. The van der Waals surface area contributed by atoms with Crippen LogP contribution in [0.15, 0.2) is 30.5 Å². The van der Waals surface area contributed by atoms with Crippen LogP contribution in [0.1, 0.15) is 5.56 Å². The van der Waals surface area contributed by atoms with Gasteiger partial charge in [0.1, 0.15) is 6.04 Å². The molecule has 10 heteroatoms. The van der Waals surface area contributed by atoms with Gasteiger partial charge in [0.05, 0.1) is 0 Å². The van der Waals surface area contributed by atoms with Crippen LogP contribution in [0.3, 0.4) is 0 Å². The molecule has 0 spiro atoms. The van der Waals surface area contributed by atoms with E-state index in [1.165, 1.54) is 0 Å². The Labute approximate surface area is 143 Å². The summed E-state index contributed by atoms with van der Waals surface area (Å²) in [4.78, 5) is 13.7. The van der Waals surface area contributed by atoms with Crippen molar-refractivity contribution in [1.82, 2.24) is 4.98 Å². The Morgan fingerprint density at radius 1 is 1.14 bits per heavy atom. The number of carbonyl (C=O) groups is 1. The summed E-state index contributed by atoms with van der Waals surface area (Å²) in [6, 6.07) is 6.91. The average Bonchev–Trinajstić information content (AvgIpc) is 2.62. The number of rotatable bonds is 3. The van der Waals surface area contributed by atoms with Gasteiger partial charge in [0.2, 0.25) is 0 Å². The number of benzene rings is 1. The van der Waals surface area contributed by atoms with Gasteiger partial charge in [-0.1, -0.05) is 18.2 Å². The molecule has 0 fully saturated rings. The number of hydrogen-bond acceptors (Lipinski definition) is 2. The van der Waals surface area contributed by atoms with E-state index in [2.05, 4.69) is 4.98 Å². The van der Waals surface area contributed by atoms with E-state index in [-0.39, 0.29) is 56.9 Å². The minimum absolute atomic E-state index is 0. The summed E-state index contributed by atoms with van der Waals surface area (Å²) < 4.78 is 0. The van der Waals surface area contributed by atoms with E-state index in [9.17, 15) is 4.79 Å². The van der Waals surface area contributed by atoms with Gasteiger partial charge in [-0.3, -0.25) is 4.79 Å². The Kier molecular flexibility index (Phi) is 21.3. The van der Waals surface area contributed by atoms with E-state index < -0.39 is 12.0 Å². The summed E-state index contributed by atoms with van der Waals surface area (Å²) in [6.45, 7) is 0. The molecule has 14 N–H and O–H groups in total. The van der Waals surface area contributed by atoms with Gasteiger partial charge in [0, 0.05) is 23.5 Å². The average molecular weight is 318 g/mol. The van der Waals surface area contributed by atoms with Gasteiger partial charge < -0.3 is 43.2 Å². The number of nitrogens with one attached hydrogen (secondary N) is 1. The van der Waals surface area contributed by atoms with Crippen molar-refractivity contribution in [2.45, 2.75) is 12.5 Å². The molecule has 21 heavy (non-hydrogen) atoms. The van der Waals surface area contributed by atoms with E-state index >= 15 is 0 Å². The van der Waals surface area contributed by atoms with Crippen molar-refractivity contribution in [3.63, 3.8) is 0 Å². The molecular weight excluding hydrogens is 295 g/mol. The second-order valence-corrected chi connectivity index (χ2v) is 3.51. The third-order valence-corrected chi connectivity index (χ3v) is 2.43. The molecule has 9 nitrogen and oxygen atoms in total. The predicted octanol–water partition coefficient (Wildman–Crippen LogP) is -3.65. The fourth-order valence-electron chi connectivity index (χ4n) is 1.62. The van der Waals surface area contributed by atoms with Crippen LogP contribution in [0.25, 0.3) is 10.9 Å². The van der Waals surface area contributed by atoms with Crippen LogP contribution in [-0.4, -0.2) is 79.0 Å². The molecular formula is C11H23N2NaO7. The second kappa shape index (κ2) is 13.9. The molecule has 0 aliphatic carbocycles. The van der Waals surface area contributed by atoms with Crippen molar-refractivity contribution in [1.29, 1.82) is 0 Å². The first-order valence-corrected chi connectivity index (χ1v) is 4.72. The number of hydrogen-bond donors (Lipinski definition) is 3. The number of H-pyrrole nitrogens is 1. The first kappa shape index (κ1) is 32.1. The monoisotopic (exact) mass is 318 g/mol. The zero-order chi connectivity index (χ0) is 10.8. The van der Waals surface area contributed by atoms with Crippen LogP contribution in [0.2, 0.25) is 0 Å². The van der Waals surface area contributed by atoms with E-state index in [1.807, 2.05) is 30.5 Å². The van der Waals surface area contributed by atoms with Gasteiger partial charge in [-0.05, 0) is 11.6 Å². The molecule has 0 radical (unpaired) electrons. The number of carboxylic acids is 1. The predicted molar refractivity (Wildman–Crippen MR) is 82.8 cm³/mol. The van der Waals surface area contributed by atoms with Gasteiger partial charge in [0.25, 0.3) is 0 Å². The zero-order valence-electron chi connectivity index (χ0n) is 10.6. The molecule has 120 valence electrons. The molecule has 0 amide bonds. The van der Waals surface area contributed by atoms with E-state index in [4.69, 9.17) is 10.8 Å². The summed E-state index contributed by atoms with van der Waals surface area (Å²) in [5.41, 5.74) is 7.43. The Bertz CT molecular complexity index is 506. The third-order valence-electron chi connectivity index (χ3n) is 2.43. The summed E-state index contributed by atoms with van der Waals surface area (Å²) >= 11 is 0. The van der Waals surface area contributed by atoms with Crippen molar-refractivity contribution in [3.05, 3.63) is 36.0 Å². The Balaban J connectivity index is -0.000000142. The molecule has 0 unspecified atom stereocenters. The maximum absolute atomic E-state index is 10.6. The first-order valence-electron chi connectivity index (χ1n) is 4.72. The summed E-state index contributed by atoms with van der Waals surface area (Å²) in [6.07, 6.45) is 2.16. The van der Waals surface area contributed by atoms with Crippen LogP contribution in [0.4, 0.5) is 0 Å². The Morgan fingerprint density at radius 3 is 2.19 bits per heavy atom. The molecule has 2 rings (SSSR count). The van der Waals surface area contributed by atoms with Crippen LogP contribution >= 0.6 is 0 Å². The molecule has 0 aliphatic heterocycles. The van der Waals surface area contributed by atoms with Crippen molar-refractivity contribution < 1.29 is 37.3 Å². The van der Waals surface area contributed by atoms with E-state index in [1.54, 1.807) is 0 Å². The number of aromatic amines is 1. The zero-order valence-corrected chi connectivity index (χ0v) is 10.6. The van der Waals surface area contributed by atoms with Crippen LogP contribution in [-0.2, 0) is 11.2 Å². The maximum atomic E-state index is 10.6. The van der Waals surface area contributed by atoms with E-state index in [0.717, 1.165) is 16.5 Å². The summed E-state index contributed by atoms with van der Waals surface area (Å²) in [5.74, 6) is -0.972. The number of nitrogens with two attached hydrogens (primary N) is 1. The van der Waals surface area contributed by atoms with Crippen LogP contribution < -0.4 is 5.73 Å². The standard InChI is InChI=1S/C11H12N2O2.Na.5H2O.H/c12-9(11(14)15)5-7-6-13-10-4-2-1-3-8(7)10;;;;;;;/h1-4,6,9,13H,5,12H2,(H,14,15);;5*1H2;/t9-;;;;;;;/m0......./s1. The third kappa shape index (κ3) is 7.52. The Morgan fingerprint density at radius 2 is 1.67 bits per heavy atom. The van der Waals surface area contributed by atoms with Crippen molar-refractivity contribution in [3.8, 4) is 0 Å². The number of aliphatic carboxylic acids is 1. The van der Waals surface area contributed by atoms with Gasteiger partial charge in [0.15, 0.2) is 0 Å². The summed E-state index contributed by atoms with van der Waals surface area (Å²) in [5, 5.41) is 9.75. The van der Waals surface area contributed by atoms with Crippen molar-refractivity contribution >= 4 is 46.4 Å². The minimum atomic E-state index is -0.972. The molecule has 0 saturated heterocycles. The molecule has 0 aliphatic rings. The quantitative estimate of drug-likeness (QED) is 0.485. The van der Waals surface area contributed by atoms with Gasteiger partial charge in [-0.25, -0.2) is 0 Å². The number of fused-ring (bicyclic) bond motifs is 1. The van der Waals surface area contributed by atoms with Gasteiger partial charge in [-0.2, -0.15) is 0 Å². The van der Waals surface area contributed by atoms with Crippen LogP contribution in [0.5, 0.6) is 0 Å². The second-order valence-electron chi connectivity index (χ2n) is 3.51. The summed E-state index contributed by atoms with van der Waals surface area (Å²) in [7, 11) is 0. The van der Waals surface area contributed by atoms with Crippen molar-refractivity contribution in [2.24, 2.45) is 5.73 Å². The van der Waals surface area contributed by atoms with E-state index in [0.29, 0.717) is 6.42 Å². The normalized spacial score (nSPS) is 9.19. The van der Waals surface area contributed by atoms with Crippen LogP contribution in [0, 0.1) is 0 Å². The molecule has 1 aromatic heterocycles. The number of para-hydroxylation sites is 1. The molecule has 2 aromatic rings. The molecule has 0 saturated carbocycles. The SMILES string of the molecule is N[C@@H](Cc1c[nH]c2ccccc12)C(=O)O.O.O.O.O.O.[NaH]. The fourth-order valence-corrected chi connectivity index (χ4v) is 1.62. The fraction of sp³-hybridized carbons (Fsp3) is 0.182. The van der Waals surface area contributed by atoms with Crippen molar-refractivity contribution in [2.75, 3.05) is 0 Å². The van der Waals surface area contributed by atoms with Gasteiger partial charge >= 0.3 is 35.5 Å². The molecule has 0 bridgehead atoms. The molecule has 1 heterocycles. The number of carboxylic acid groups (broad SMARTS) is 1. The molecule has 1 atom stereocenters. The molecule has 1 aromatic carbocycles. The number of aromatic nitrogens is 1.